The molecule has 4 rings (SSSR count). The van der Waals surface area contributed by atoms with Gasteiger partial charge in [0, 0.05) is 24.7 Å². The first-order valence-electron chi connectivity index (χ1n) is 9.94. The van der Waals surface area contributed by atoms with Gasteiger partial charge in [-0.2, -0.15) is 18.2 Å². The van der Waals surface area contributed by atoms with Gasteiger partial charge in [-0.25, -0.2) is 0 Å². The Labute approximate surface area is 177 Å². The van der Waals surface area contributed by atoms with Crippen LogP contribution in [0.25, 0.3) is 11.4 Å². The molecule has 1 aliphatic rings. The number of carbonyl (C=O) groups is 1. The Balaban J connectivity index is 1.37. The number of benzene rings is 2. The molecule has 2 aromatic carbocycles. The van der Waals surface area contributed by atoms with Crippen molar-refractivity contribution < 1.29 is 22.5 Å². The fraction of sp³-hybridized carbons (Fsp3) is 0.318. The molecule has 0 unspecified atom stereocenters. The quantitative estimate of drug-likeness (QED) is 0.645. The van der Waals surface area contributed by atoms with E-state index in [9.17, 15) is 18.0 Å². The summed E-state index contributed by atoms with van der Waals surface area (Å²) in [7, 11) is 0. The summed E-state index contributed by atoms with van der Waals surface area (Å²) < 4.78 is 44.9. The molecular formula is C22H21F3N4O2. The Bertz CT molecular complexity index is 1060. The van der Waals surface area contributed by atoms with Crippen molar-refractivity contribution >= 4 is 11.9 Å². The van der Waals surface area contributed by atoms with Gasteiger partial charge < -0.3 is 14.7 Å². The molecule has 0 bridgehead atoms. The molecule has 31 heavy (non-hydrogen) atoms. The molecule has 0 atom stereocenters. The van der Waals surface area contributed by atoms with Gasteiger partial charge in [-0.15, -0.1) is 0 Å². The van der Waals surface area contributed by atoms with Gasteiger partial charge in [0.15, 0.2) is 0 Å². The van der Waals surface area contributed by atoms with Crippen molar-refractivity contribution in [2.24, 2.45) is 0 Å². The van der Waals surface area contributed by atoms with Crippen LogP contribution in [0.4, 0.5) is 19.2 Å². The van der Waals surface area contributed by atoms with Crippen LogP contribution in [0.15, 0.2) is 53.1 Å². The second-order valence-electron chi connectivity index (χ2n) is 7.54. The predicted molar refractivity (Wildman–Crippen MR) is 108 cm³/mol. The van der Waals surface area contributed by atoms with Crippen LogP contribution in [0.5, 0.6) is 0 Å². The fourth-order valence-corrected chi connectivity index (χ4v) is 3.59. The Morgan fingerprint density at radius 3 is 2.45 bits per heavy atom. The van der Waals surface area contributed by atoms with Crippen molar-refractivity contribution in [1.29, 1.82) is 0 Å². The summed E-state index contributed by atoms with van der Waals surface area (Å²) in [5.74, 6) is -0.135. The topological polar surface area (TPSA) is 71.3 Å². The van der Waals surface area contributed by atoms with E-state index in [4.69, 9.17) is 4.52 Å². The largest absolute Gasteiger partial charge is 0.417 e. The van der Waals surface area contributed by atoms with Crippen molar-refractivity contribution in [1.82, 2.24) is 15.0 Å². The number of rotatable bonds is 4. The number of aryl methyl sites for hydroxylation is 1. The molecular weight excluding hydrogens is 409 g/mol. The number of hydrogen-bond donors (Lipinski definition) is 1. The number of likely N-dealkylation sites (tertiary alicyclic amines) is 1. The molecule has 2 heterocycles. The standard InChI is InChI=1S/C22H21F3N4O2/c1-14-6-8-15(9-7-14)19-27-21(31-28-19)26-16-10-12-29(13-11-16)20(30)17-4-2-3-5-18(17)22(23,24)25/h2-9,16H,10-13H2,1H3,(H,26,27,28). The van der Waals surface area contributed by atoms with E-state index in [1.807, 2.05) is 31.2 Å². The van der Waals surface area contributed by atoms with Gasteiger partial charge in [-0.05, 0) is 31.9 Å². The van der Waals surface area contributed by atoms with Crippen molar-refractivity contribution in [2.45, 2.75) is 32.0 Å². The normalized spacial score (nSPS) is 15.2. The van der Waals surface area contributed by atoms with Crippen LogP contribution in [0.1, 0.15) is 34.3 Å². The highest BCUT2D eigenvalue weighted by molar-refractivity contribution is 5.96. The molecule has 3 aromatic rings. The first-order chi connectivity index (χ1) is 14.8. The Morgan fingerprint density at radius 2 is 1.77 bits per heavy atom. The molecule has 1 aliphatic heterocycles. The third-order valence-electron chi connectivity index (χ3n) is 5.31. The monoisotopic (exact) mass is 430 g/mol. The minimum atomic E-state index is -4.57. The molecule has 0 aliphatic carbocycles. The van der Waals surface area contributed by atoms with Gasteiger partial charge in [0.25, 0.3) is 5.91 Å². The van der Waals surface area contributed by atoms with E-state index in [0.717, 1.165) is 17.2 Å². The van der Waals surface area contributed by atoms with Crippen molar-refractivity contribution in [3.8, 4) is 11.4 Å². The molecule has 162 valence electrons. The summed E-state index contributed by atoms with van der Waals surface area (Å²) in [5.41, 5.74) is 0.742. The highest BCUT2D eigenvalue weighted by Crippen LogP contribution is 2.33. The van der Waals surface area contributed by atoms with Gasteiger partial charge in [0.1, 0.15) is 0 Å². The molecule has 0 saturated carbocycles. The molecule has 0 spiro atoms. The molecule has 1 N–H and O–H groups in total. The van der Waals surface area contributed by atoms with E-state index in [0.29, 0.717) is 31.8 Å². The number of nitrogens with zero attached hydrogens (tertiary/aromatic N) is 3. The maximum absolute atomic E-state index is 13.2. The lowest BCUT2D eigenvalue weighted by atomic mass is 10.0. The third-order valence-corrected chi connectivity index (χ3v) is 5.31. The van der Waals surface area contributed by atoms with Gasteiger partial charge in [-0.1, -0.05) is 47.1 Å². The number of halogens is 3. The molecule has 6 nitrogen and oxygen atoms in total. The zero-order valence-corrected chi connectivity index (χ0v) is 16.8. The van der Waals surface area contributed by atoms with E-state index in [1.54, 1.807) is 0 Å². The number of carbonyl (C=O) groups excluding carboxylic acids is 1. The van der Waals surface area contributed by atoms with Gasteiger partial charge >= 0.3 is 12.2 Å². The maximum atomic E-state index is 13.2. The van der Waals surface area contributed by atoms with Crippen LogP contribution in [0, 0.1) is 6.92 Å². The first-order valence-corrected chi connectivity index (χ1v) is 9.94. The summed E-state index contributed by atoms with van der Waals surface area (Å²) in [6, 6.07) is 12.9. The van der Waals surface area contributed by atoms with Gasteiger partial charge in [0.2, 0.25) is 5.82 Å². The highest BCUT2D eigenvalue weighted by atomic mass is 19.4. The van der Waals surface area contributed by atoms with E-state index < -0.39 is 17.6 Å². The van der Waals surface area contributed by atoms with Crippen LogP contribution in [-0.2, 0) is 6.18 Å². The smallest absolute Gasteiger partial charge is 0.338 e. The Kier molecular flexibility index (Phi) is 5.67. The SMILES string of the molecule is Cc1ccc(-c2noc(NC3CCN(C(=O)c4ccccc4C(F)(F)F)CC3)n2)cc1. The van der Waals surface area contributed by atoms with Gasteiger partial charge in [-0.3, -0.25) is 4.79 Å². The zero-order chi connectivity index (χ0) is 22.0. The van der Waals surface area contributed by atoms with Crippen LogP contribution < -0.4 is 5.32 Å². The number of anilines is 1. The average molecular weight is 430 g/mol. The Morgan fingerprint density at radius 1 is 1.10 bits per heavy atom. The maximum Gasteiger partial charge on any atom is 0.417 e. The number of piperidine rings is 1. The average Bonchev–Trinajstić information content (AvgIpc) is 3.22. The molecule has 1 fully saturated rings. The fourth-order valence-electron chi connectivity index (χ4n) is 3.59. The minimum Gasteiger partial charge on any atom is -0.338 e. The predicted octanol–water partition coefficient (Wildman–Crippen LogP) is 4.78. The Hall–Kier alpha value is -3.36. The molecule has 9 heteroatoms. The number of aromatic nitrogens is 2. The molecule has 1 amide bonds. The van der Waals surface area contributed by atoms with Gasteiger partial charge in [0.05, 0.1) is 11.1 Å². The zero-order valence-electron chi connectivity index (χ0n) is 16.8. The highest BCUT2D eigenvalue weighted by Gasteiger charge is 2.36. The molecule has 1 saturated heterocycles. The second-order valence-corrected chi connectivity index (χ2v) is 7.54. The summed E-state index contributed by atoms with van der Waals surface area (Å²) in [4.78, 5) is 18.5. The summed E-state index contributed by atoms with van der Waals surface area (Å²) in [6.45, 7) is 2.66. The molecule has 0 radical (unpaired) electrons. The second kappa shape index (κ2) is 8.41. The van der Waals surface area contributed by atoms with Crippen LogP contribution >= 0.6 is 0 Å². The number of alkyl halides is 3. The van der Waals surface area contributed by atoms with Crippen molar-refractivity contribution in [3.05, 3.63) is 65.2 Å². The number of amides is 1. The lowest BCUT2D eigenvalue weighted by molar-refractivity contribution is -0.138. The number of hydrogen-bond acceptors (Lipinski definition) is 5. The van der Waals surface area contributed by atoms with E-state index >= 15 is 0 Å². The molecule has 1 aromatic heterocycles. The van der Waals surface area contributed by atoms with Crippen molar-refractivity contribution in [2.75, 3.05) is 18.4 Å². The number of nitrogens with one attached hydrogen (secondary N) is 1. The van der Waals surface area contributed by atoms with E-state index in [-0.39, 0.29) is 17.6 Å². The lowest BCUT2D eigenvalue weighted by Crippen LogP contribution is -2.43. The van der Waals surface area contributed by atoms with E-state index in [1.165, 1.54) is 23.1 Å². The van der Waals surface area contributed by atoms with Crippen LogP contribution in [0.3, 0.4) is 0 Å². The summed E-state index contributed by atoms with van der Waals surface area (Å²) >= 11 is 0. The van der Waals surface area contributed by atoms with Crippen molar-refractivity contribution in [3.63, 3.8) is 0 Å². The lowest BCUT2D eigenvalue weighted by Gasteiger charge is -2.32. The van der Waals surface area contributed by atoms with Crippen LogP contribution in [0.2, 0.25) is 0 Å². The third kappa shape index (κ3) is 4.70. The van der Waals surface area contributed by atoms with E-state index in [2.05, 4.69) is 15.5 Å². The summed E-state index contributed by atoms with van der Waals surface area (Å²) in [6.07, 6.45) is -3.45. The van der Waals surface area contributed by atoms with Crippen LogP contribution in [-0.4, -0.2) is 40.1 Å². The minimum absolute atomic E-state index is 0.0202. The first kappa shape index (κ1) is 20.9. The summed E-state index contributed by atoms with van der Waals surface area (Å²) in [5, 5.41) is 7.14.